The van der Waals surface area contributed by atoms with Gasteiger partial charge in [0.2, 0.25) is 0 Å². The third-order valence-corrected chi connectivity index (χ3v) is 3.09. The zero-order chi connectivity index (χ0) is 14.7. The van der Waals surface area contributed by atoms with Crippen molar-refractivity contribution in [2.45, 2.75) is 13.3 Å². The Hall–Kier alpha value is -2.82. The molecule has 0 aliphatic rings. The summed E-state index contributed by atoms with van der Waals surface area (Å²) in [5.41, 5.74) is 1.59. The van der Waals surface area contributed by atoms with Gasteiger partial charge >= 0.3 is 0 Å². The number of aromatic nitrogens is 1. The molecule has 1 N–H and O–H groups in total. The van der Waals surface area contributed by atoms with Crippen LogP contribution in [0.4, 0.5) is 5.69 Å². The summed E-state index contributed by atoms with van der Waals surface area (Å²) in [6, 6.07) is 10.8. The highest BCUT2D eigenvalue weighted by Crippen LogP contribution is 2.21. The van der Waals surface area contributed by atoms with E-state index < -0.39 is 0 Å². The molecular formula is C16H14N2O3. The van der Waals surface area contributed by atoms with Gasteiger partial charge in [-0.25, -0.2) is 4.98 Å². The van der Waals surface area contributed by atoms with Crippen molar-refractivity contribution in [1.29, 1.82) is 0 Å². The fourth-order valence-corrected chi connectivity index (χ4v) is 1.96. The number of furan rings is 1. The van der Waals surface area contributed by atoms with Crippen LogP contribution in [-0.4, -0.2) is 10.9 Å². The highest BCUT2D eigenvalue weighted by molar-refractivity contribution is 6.02. The molecule has 0 unspecified atom stereocenters. The molecule has 2 heterocycles. The van der Waals surface area contributed by atoms with E-state index in [2.05, 4.69) is 10.3 Å². The van der Waals surface area contributed by atoms with Gasteiger partial charge in [-0.05, 0) is 36.4 Å². The first-order valence-electron chi connectivity index (χ1n) is 6.65. The van der Waals surface area contributed by atoms with Crippen LogP contribution in [0.3, 0.4) is 0 Å². The molecule has 5 nitrogen and oxygen atoms in total. The molecule has 1 aromatic carbocycles. The van der Waals surface area contributed by atoms with E-state index in [0.29, 0.717) is 17.2 Å². The molecule has 5 heteroatoms. The third kappa shape index (κ3) is 2.86. The van der Waals surface area contributed by atoms with Crippen molar-refractivity contribution in [3.63, 3.8) is 0 Å². The standard InChI is InChI=1S/C16H14N2O3/c1-2-13-7-8-14(21-13)16(19)18-12-5-3-11(4-6-12)15-9-17-10-20-15/h3-10H,2H2,1H3,(H,18,19). The maximum atomic E-state index is 12.0. The summed E-state index contributed by atoms with van der Waals surface area (Å²) in [5, 5.41) is 2.79. The van der Waals surface area contributed by atoms with E-state index in [4.69, 9.17) is 8.83 Å². The van der Waals surface area contributed by atoms with Crippen molar-refractivity contribution < 1.29 is 13.6 Å². The first-order valence-corrected chi connectivity index (χ1v) is 6.65. The lowest BCUT2D eigenvalue weighted by Gasteiger charge is -2.04. The number of rotatable bonds is 4. The molecule has 106 valence electrons. The van der Waals surface area contributed by atoms with Gasteiger partial charge in [0.05, 0.1) is 6.20 Å². The minimum Gasteiger partial charge on any atom is -0.456 e. The highest BCUT2D eigenvalue weighted by atomic mass is 16.4. The summed E-state index contributed by atoms with van der Waals surface area (Å²) < 4.78 is 10.6. The van der Waals surface area contributed by atoms with Crippen molar-refractivity contribution >= 4 is 11.6 Å². The molecule has 0 saturated carbocycles. The van der Waals surface area contributed by atoms with Crippen LogP contribution in [0.25, 0.3) is 11.3 Å². The molecule has 3 aromatic rings. The Morgan fingerprint density at radius 3 is 2.62 bits per heavy atom. The molecule has 0 fully saturated rings. The van der Waals surface area contributed by atoms with Crippen LogP contribution in [-0.2, 0) is 6.42 Å². The molecule has 0 aliphatic carbocycles. The van der Waals surface area contributed by atoms with E-state index in [-0.39, 0.29) is 5.91 Å². The van der Waals surface area contributed by atoms with E-state index in [1.54, 1.807) is 24.4 Å². The Bertz CT molecular complexity index is 727. The Balaban J connectivity index is 1.71. The van der Waals surface area contributed by atoms with Crippen LogP contribution < -0.4 is 5.32 Å². The van der Waals surface area contributed by atoms with Crippen LogP contribution >= 0.6 is 0 Å². The minimum absolute atomic E-state index is 0.262. The van der Waals surface area contributed by atoms with E-state index >= 15 is 0 Å². The number of hydrogen-bond acceptors (Lipinski definition) is 4. The number of nitrogens with one attached hydrogen (secondary N) is 1. The number of amides is 1. The van der Waals surface area contributed by atoms with Gasteiger partial charge in [-0.2, -0.15) is 0 Å². The largest absolute Gasteiger partial charge is 0.456 e. The lowest BCUT2D eigenvalue weighted by Crippen LogP contribution is -2.10. The molecule has 0 aliphatic heterocycles. The zero-order valence-corrected chi connectivity index (χ0v) is 11.5. The first-order chi connectivity index (χ1) is 10.3. The van der Waals surface area contributed by atoms with Gasteiger partial charge in [0.25, 0.3) is 5.91 Å². The minimum atomic E-state index is -0.262. The molecule has 0 radical (unpaired) electrons. The van der Waals surface area contributed by atoms with E-state index in [0.717, 1.165) is 17.7 Å². The lowest BCUT2D eigenvalue weighted by atomic mass is 10.1. The summed E-state index contributed by atoms with van der Waals surface area (Å²) >= 11 is 0. The number of anilines is 1. The second-order valence-corrected chi connectivity index (χ2v) is 4.52. The maximum absolute atomic E-state index is 12.0. The Morgan fingerprint density at radius 2 is 2.00 bits per heavy atom. The van der Waals surface area contributed by atoms with Crippen molar-refractivity contribution in [1.82, 2.24) is 4.98 Å². The number of oxazole rings is 1. The number of carbonyl (C=O) groups excluding carboxylic acids is 1. The van der Waals surface area contributed by atoms with Gasteiger partial charge in [0.15, 0.2) is 17.9 Å². The fourth-order valence-electron chi connectivity index (χ4n) is 1.96. The van der Waals surface area contributed by atoms with Crippen molar-refractivity contribution in [2.75, 3.05) is 5.32 Å². The molecular weight excluding hydrogens is 268 g/mol. The molecule has 1 amide bonds. The van der Waals surface area contributed by atoms with Gasteiger partial charge in [-0.15, -0.1) is 0 Å². The van der Waals surface area contributed by atoms with Gasteiger partial charge in [-0.3, -0.25) is 4.79 Å². The number of carbonyl (C=O) groups is 1. The smallest absolute Gasteiger partial charge is 0.291 e. The second-order valence-electron chi connectivity index (χ2n) is 4.52. The van der Waals surface area contributed by atoms with Crippen LogP contribution in [0.15, 0.2) is 57.8 Å². The topological polar surface area (TPSA) is 68.3 Å². The average Bonchev–Trinajstić information content (AvgIpc) is 3.19. The zero-order valence-electron chi connectivity index (χ0n) is 11.5. The molecule has 2 aromatic heterocycles. The monoisotopic (exact) mass is 282 g/mol. The van der Waals surface area contributed by atoms with Gasteiger partial charge in [0, 0.05) is 17.7 Å². The van der Waals surface area contributed by atoms with Gasteiger partial charge in [0.1, 0.15) is 5.76 Å². The summed E-state index contributed by atoms with van der Waals surface area (Å²) in [4.78, 5) is 15.9. The molecule has 0 saturated heterocycles. The Labute approximate surface area is 121 Å². The van der Waals surface area contributed by atoms with Crippen LogP contribution in [0.1, 0.15) is 23.2 Å². The van der Waals surface area contributed by atoms with Crippen LogP contribution in [0.5, 0.6) is 0 Å². The quantitative estimate of drug-likeness (QED) is 0.791. The third-order valence-electron chi connectivity index (χ3n) is 3.09. The molecule has 0 bridgehead atoms. The lowest BCUT2D eigenvalue weighted by molar-refractivity contribution is 0.0995. The number of hydrogen-bond donors (Lipinski definition) is 1. The van der Waals surface area contributed by atoms with Crippen molar-refractivity contribution in [2.24, 2.45) is 0 Å². The molecule has 21 heavy (non-hydrogen) atoms. The Kier molecular flexibility index (Phi) is 3.55. The normalized spacial score (nSPS) is 10.5. The number of benzene rings is 1. The van der Waals surface area contributed by atoms with Crippen molar-refractivity contribution in [3.05, 3.63) is 60.5 Å². The summed E-state index contributed by atoms with van der Waals surface area (Å²) in [5.74, 6) is 1.53. The summed E-state index contributed by atoms with van der Waals surface area (Å²) in [6.45, 7) is 1.97. The van der Waals surface area contributed by atoms with Crippen LogP contribution in [0.2, 0.25) is 0 Å². The second kappa shape index (κ2) is 5.66. The van der Waals surface area contributed by atoms with Gasteiger partial charge < -0.3 is 14.2 Å². The number of nitrogens with zero attached hydrogens (tertiary/aromatic N) is 1. The van der Waals surface area contributed by atoms with Gasteiger partial charge in [-0.1, -0.05) is 6.92 Å². The molecule has 0 atom stereocenters. The SMILES string of the molecule is CCc1ccc(C(=O)Nc2ccc(-c3cnco3)cc2)o1. The fraction of sp³-hybridized carbons (Fsp3) is 0.125. The molecule has 0 spiro atoms. The predicted molar refractivity (Wildman–Crippen MR) is 78.0 cm³/mol. The highest BCUT2D eigenvalue weighted by Gasteiger charge is 2.11. The maximum Gasteiger partial charge on any atom is 0.291 e. The average molecular weight is 282 g/mol. The predicted octanol–water partition coefficient (Wildman–Crippen LogP) is 3.75. The number of aryl methyl sites for hydroxylation is 1. The van der Waals surface area contributed by atoms with Crippen LogP contribution in [0, 0.1) is 0 Å². The Morgan fingerprint density at radius 1 is 1.19 bits per heavy atom. The van der Waals surface area contributed by atoms with E-state index in [9.17, 15) is 4.79 Å². The van der Waals surface area contributed by atoms with Crippen molar-refractivity contribution in [3.8, 4) is 11.3 Å². The molecule has 3 rings (SSSR count). The summed E-state index contributed by atoms with van der Waals surface area (Å²) in [6.07, 6.45) is 3.79. The van der Waals surface area contributed by atoms with E-state index in [1.807, 2.05) is 25.1 Å². The summed E-state index contributed by atoms with van der Waals surface area (Å²) in [7, 11) is 0. The van der Waals surface area contributed by atoms with E-state index in [1.165, 1.54) is 6.39 Å². The first kappa shape index (κ1) is 13.2.